The fourth-order valence-corrected chi connectivity index (χ4v) is 3.06. The first-order valence-electron chi connectivity index (χ1n) is 6.80. The molecule has 1 atom stereocenters. The normalized spacial score (nSPS) is 15.3. The van der Waals surface area contributed by atoms with E-state index in [9.17, 15) is 9.59 Å². The van der Waals surface area contributed by atoms with Crippen LogP contribution in [0.3, 0.4) is 0 Å². The fourth-order valence-electron chi connectivity index (χ4n) is 2.13. The molecule has 0 spiro atoms. The van der Waals surface area contributed by atoms with Crippen LogP contribution in [0, 0.1) is 5.92 Å². The van der Waals surface area contributed by atoms with Gasteiger partial charge in [-0.3, -0.25) is 4.79 Å². The number of carbonyl (C=O) groups excluding carboxylic acids is 1. The number of halogens is 1. The van der Waals surface area contributed by atoms with E-state index < -0.39 is 17.9 Å². The highest BCUT2D eigenvalue weighted by atomic mass is 35.5. The first kappa shape index (κ1) is 15.0. The van der Waals surface area contributed by atoms with E-state index in [-0.39, 0.29) is 11.6 Å². The maximum atomic E-state index is 12.1. The largest absolute Gasteiger partial charge is 0.480 e. The molecule has 0 bridgehead atoms. The van der Waals surface area contributed by atoms with Crippen molar-refractivity contribution in [2.75, 3.05) is 0 Å². The molecule has 0 aliphatic heterocycles. The van der Waals surface area contributed by atoms with Crippen LogP contribution in [-0.4, -0.2) is 28.0 Å². The molecular weight excluding hydrogens is 324 g/mol. The van der Waals surface area contributed by atoms with Gasteiger partial charge in [-0.1, -0.05) is 23.7 Å². The molecular formula is C15H13ClN2O3S. The first-order chi connectivity index (χ1) is 10.5. The van der Waals surface area contributed by atoms with E-state index in [2.05, 4.69) is 10.3 Å². The Morgan fingerprint density at radius 3 is 2.59 bits per heavy atom. The van der Waals surface area contributed by atoms with Gasteiger partial charge in [-0.15, -0.1) is 11.3 Å². The summed E-state index contributed by atoms with van der Waals surface area (Å²) in [6, 6.07) is 6.34. The van der Waals surface area contributed by atoms with Crippen molar-refractivity contribution in [3.63, 3.8) is 0 Å². The van der Waals surface area contributed by atoms with Crippen molar-refractivity contribution in [2.24, 2.45) is 5.92 Å². The second kappa shape index (κ2) is 6.06. The molecule has 0 saturated heterocycles. The molecule has 1 aliphatic rings. The van der Waals surface area contributed by atoms with Crippen molar-refractivity contribution in [3.05, 3.63) is 40.4 Å². The van der Waals surface area contributed by atoms with Gasteiger partial charge in [-0.05, 0) is 30.9 Å². The Balaban J connectivity index is 1.74. The van der Waals surface area contributed by atoms with Gasteiger partial charge < -0.3 is 10.4 Å². The Kier molecular flexibility index (Phi) is 4.13. The van der Waals surface area contributed by atoms with Crippen molar-refractivity contribution in [1.82, 2.24) is 10.3 Å². The van der Waals surface area contributed by atoms with Crippen molar-refractivity contribution in [1.29, 1.82) is 0 Å². The molecule has 7 heteroatoms. The van der Waals surface area contributed by atoms with Gasteiger partial charge in [0.15, 0.2) is 0 Å². The van der Waals surface area contributed by atoms with E-state index in [1.54, 1.807) is 17.5 Å². The third-order valence-electron chi connectivity index (χ3n) is 3.47. The van der Waals surface area contributed by atoms with Gasteiger partial charge in [0.2, 0.25) is 0 Å². The molecule has 1 amide bonds. The number of aromatic nitrogens is 1. The van der Waals surface area contributed by atoms with Gasteiger partial charge in [0.1, 0.15) is 16.7 Å². The van der Waals surface area contributed by atoms with Gasteiger partial charge in [0.05, 0.1) is 0 Å². The van der Waals surface area contributed by atoms with Crippen LogP contribution in [0.15, 0.2) is 29.6 Å². The quantitative estimate of drug-likeness (QED) is 0.879. The average molecular weight is 337 g/mol. The minimum absolute atomic E-state index is 0.0378. The Morgan fingerprint density at radius 2 is 2.00 bits per heavy atom. The smallest absolute Gasteiger partial charge is 0.326 e. The summed E-state index contributed by atoms with van der Waals surface area (Å²) in [5.41, 5.74) is 1.10. The number of carboxylic acids is 1. The number of amides is 1. The summed E-state index contributed by atoms with van der Waals surface area (Å²) in [5, 5.41) is 14.7. The van der Waals surface area contributed by atoms with Gasteiger partial charge in [0.25, 0.3) is 5.91 Å². The highest BCUT2D eigenvalue weighted by Crippen LogP contribution is 2.33. The van der Waals surface area contributed by atoms with E-state index in [1.165, 1.54) is 11.3 Å². The number of nitrogens with zero attached hydrogens (tertiary/aromatic N) is 1. The molecule has 2 aromatic rings. The monoisotopic (exact) mass is 336 g/mol. The molecule has 2 N–H and O–H groups in total. The lowest BCUT2D eigenvalue weighted by molar-refractivity contribution is -0.139. The fraction of sp³-hybridized carbons (Fsp3) is 0.267. The molecule has 1 aromatic heterocycles. The molecule has 1 heterocycles. The molecule has 1 unspecified atom stereocenters. The summed E-state index contributed by atoms with van der Waals surface area (Å²) < 4.78 is 0. The molecule has 0 radical (unpaired) electrons. The highest BCUT2D eigenvalue weighted by Gasteiger charge is 2.37. The SMILES string of the molecule is O=C(NC(C(=O)O)C1CC1)c1csc(-c2ccc(Cl)cc2)n1. The minimum atomic E-state index is -0.996. The number of benzene rings is 1. The van der Waals surface area contributed by atoms with Gasteiger partial charge >= 0.3 is 5.97 Å². The first-order valence-corrected chi connectivity index (χ1v) is 8.05. The van der Waals surface area contributed by atoms with E-state index in [0.29, 0.717) is 10.0 Å². The molecule has 1 fully saturated rings. The Morgan fingerprint density at radius 1 is 1.32 bits per heavy atom. The molecule has 114 valence electrons. The molecule has 1 aliphatic carbocycles. The zero-order valence-corrected chi connectivity index (χ0v) is 13.0. The second-order valence-electron chi connectivity index (χ2n) is 5.17. The lowest BCUT2D eigenvalue weighted by Crippen LogP contribution is -2.42. The number of carboxylic acid groups (broad SMARTS) is 1. The molecule has 5 nitrogen and oxygen atoms in total. The topological polar surface area (TPSA) is 79.3 Å². The number of nitrogens with one attached hydrogen (secondary N) is 1. The average Bonchev–Trinajstić information content (AvgIpc) is 3.21. The maximum Gasteiger partial charge on any atom is 0.326 e. The standard InChI is InChI=1S/C15H13ClN2O3S/c16-10-5-3-9(4-6-10)14-17-11(7-22-14)13(19)18-12(15(20)21)8-1-2-8/h3-8,12H,1-2H2,(H,18,19)(H,20,21). The molecule has 3 rings (SSSR count). The summed E-state index contributed by atoms with van der Waals surface area (Å²) >= 11 is 7.17. The van der Waals surface area contributed by atoms with Crippen molar-refractivity contribution >= 4 is 34.8 Å². The number of carbonyl (C=O) groups is 2. The van der Waals surface area contributed by atoms with E-state index in [4.69, 9.17) is 16.7 Å². The van der Waals surface area contributed by atoms with Crippen LogP contribution in [0.4, 0.5) is 0 Å². The zero-order chi connectivity index (χ0) is 15.7. The van der Waals surface area contributed by atoms with E-state index in [1.807, 2.05) is 12.1 Å². The number of rotatable bonds is 5. The van der Waals surface area contributed by atoms with Gasteiger partial charge in [-0.2, -0.15) is 0 Å². The van der Waals surface area contributed by atoms with Crippen molar-refractivity contribution < 1.29 is 14.7 Å². The predicted octanol–water partition coefficient (Wildman–Crippen LogP) is 3.06. The van der Waals surface area contributed by atoms with Crippen LogP contribution in [0.25, 0.3) is 10.6 Å². The highest BCUT2D eigenvalue weighted by molar-refractivity contribution is 7.13. The zero-order valence-electron chi connectivity index (χ0n) is 11.5. The van der Waals surface area contributed by atoms with Gasteiger partial charge in [-0.25, -0.2) is 9.78 Å². The molecule has 22 heavy (non-hydrogen) atoms. The van der Waals surface area contributed by atoms with Crippen LogP contribution in [-0.2, 0) is 4.79 Å². The van der Waals surface area contributed by atoms with Crippen molar-refractivity contribution in [2.45, 2.75) is 18.9 Å². The van der Waals surface area contributed by atoms with Crippen LogP contribution >= 0.6 is 22.9 Å². The van der Waals surface area contributed by atoms with Gasteiger partial charge in [0, 0.05) is 16.0 Å². The number of hydrogen-bond acceptors (Lipinski definition) is 4. The van der Waals surface area contributed by atoms with Crippen LogP contribution in [0.5, 0.6) is 0 Å². The number of hydrogen-bond donors (Lipinski definition) is 2. The van der Waals surface area contributed by atoms with Crippen LogP contribution in [0.1, 0.15) is 23.3 Å². The third-order valence-corrected chi connectivity index (χ3v) is 4.62. The van der Waals surface area contributed by atoms with Crippen molar-refractivity contribution in [3.8, 4) is 10.6 Å². The predicted molar refractivity (Wildman–Crippen MR) is 84.2 cm³/mol. The summed E-state index contributed by atoms with van der Waals surface area (Å²) in [6.07, 6.45) is 1.68. The Hall–Kier alpha value is -1.92. The Labute approximate surface area is 136 Å². The summed E-state index contributed by atoms with van der Waals surface area (Å²) in [7, 11) is 0. The maximum absolute atomic E-state index is 12.1. The second-order valence-corrected chi connectivity index (χ2v) is 6.47. The van der Waals surface area contributed by atoms with E-state index in [0.717, 1.165) is 18.4 Å². The summed E-state index contributed by atoms with van der Waals surface area (Å²) in [6.45, 7) is 0. The van der Waals surface area contributed by atoms with Crippen LogP contribution < -0.4 is 5.32 Å². The lowest BCUT2D eigenvalue weighted by Gasteiger charge is -2.12. The number of aliphatic carboxylic acids is 1. The third kappa shape index (κ3) is 3.28. The van der Waals surface area contributed by atoms with Crippen LogP contribution in [0.2, 0.25) is 5.02 Å². The Bertz CT molecular complexity index is 710. The number of thiazole rings is 1. The minimum Gasteiger partial charge on any atom is -0.480 e. The lowest BCUT2D eigenvalue weighted by atomic mass is 10.2. The summed E-state index contributed by atoms with van der Waals surface area (Å²) in [5.74, 6) is -1.41. The van der Waals surface area contributed by atoms with E-state index >= 15 is 0 Å². The molecule has 1 aromatic carbocycles. The summed E-state index contributed by atoms with van der Waals surface area (Å²) in [4.78, 5) is 27.6. The molecule has 1 saturated carbocycles.